The quantitative estimate of drug-likeness (QED) is 0.198. The van der Waals surface area contributed by atoms with Crippen LogP contribution in [0.3, 0.4) is 0 Å². The predicted octanol–water partition coefficient (Wildman–Crippen LogP) is 7.38. The van der Waals surface area contributed by atoms with E-state index in [0.717, 1.165) is 32.9 Å². The first-order chi connectivity index (χ1) is 16.5. The summed E-state index contributed by atoms with van der Waals surface area (Å²) in [7, 11) is 0. The second kappa shape index (κ2) is 11.3. The van der Waals surface area contributed by atoms with Crippen molar-refractivity contribution >= 4 is 60.6 Å². The molecule has 1 heterocycles. The molecule has 8 heteroatoms. The second-order valence-electron chi connectivity index (χ2n) is 7.72. The molecule has 34 heavy (non-hydrogen) atoms. The van der Waals surface area contributed by atoms with Crippen molar-refractivity contribution in [2.75, 3.05) is 0 Å². The smallest absolute Gasteiger partial charge is 0.282 e. The summed E-state index contributed by atoms with van der Waals surface area (Å²) in [6.45, 7) is 2.42. The van der Waals surface area contributed by atoms with Gasteiger partial charge in [0.15, 0.2) is 0 Å². The van der Waals surface area contributed by atoms with Crippen molar-refractivity contribution in [3.8, 4) is 5.75 Å². The van der Waals surface area contributed by atoms with Gasteiger partial charge in [0.1, 0.15) is 18.2 Å². The average molecular weight is 604 g/mol. The van der Waals surface area contributed by atoms with Crippen LogP contribution in [0.25, 0.3) is 10.9 Å². The number of hydrogen-bond acceptors (Lipinski definition) is 4. The number of fused-ring (bicyclic) bond motifs is 1. The van der Waals surface area contributed by atoms with Crippen LogP contribution in [-0.2, 0) is 13.0 Å². The van der Waals surface area contributed by atoms with Gasteiger partial charge < -0.3 is 4.74 Å². The number of halogens is 3. The van der Waals surface area contributed by atoms with Gasteiger partial charge in [-0.25, -0.2) is 4.98 Å². The Hall–Kier alpha value is -2.48. The molecule has 0 bridgehead atoms. The first-order valence-corrected chi connectivity index (χ1v) is 12.8. The minimum atomic E-state index is -0.206. The highest BCUT2D eigenvalue weighted by Crippen LogP contribution is 2.25. The van der Waals surface area contributed by atoms with Gasteiger partial charge >= 0.3 is 0 Å². The van der Waals surface area contributed by atoms with Crippen molar-refractivity contribution in [1.82, 2.24) is 9.66 Å². The maximum Gasteiger partial charge on any atom is 0.282 e. The van der Waals surface area contributed by atoms with Crippen LogP contribution < -0.4 is 10.3 Å². The van der Waals surface area contributed by atoms with Crippen LogP contribution in [0.5, 0.6) is 5.75 Å². The Morgan fingerprint density at radius 3 is 2.65 bits per heavy atom. The zero-order chi connectivity index (χ0) is 24.1. The molecule has 174 valence electrons. The van der Waals surface area contributed by atoms with Crippen molar-refractivity contribution in [3.05, 3.63) is 102 Å². The molecule has 0 aliphatic rings. The highest BCUT2D eigenvalue weighted by atomic mass is 79.9. The largest absolute Gasteiger partial charge is 0.488 e. The molecule has 0 spiro atoms. The Balaban J connectivity index is 1.72. The molecule has 0 N–H and O–H groups in total. The predicted molar refractivity (Wildman–Crippen MR) is 145 cm³/mol. The first kappa shape index (κ1) is 24.6. The second-order valence-corrected chi connectivity index (χ2v) is 9.96. The van der Waals surface area contributed by atoms with E-state index in [1.54, 1.807) is 12.3 Å². The molecule has 0 amide bonds. The van der Waals surface area contributed by atoms with E-state index in [2.05, 4.69) is 43.9 Å². The number of hydrogen-bond donors (Lipinski definition) is 0. The number of ether oxygens (including phenoxy) is 1. The van der Waals surface area contributed by atoms with Gasteiger partial charge in [-0.3, -0.25) is 4.79 Å². The van der Waals surface area contributed by atoms with Crippen molar-refractivity contribution in [2.45, 2.75) is 32.8 Å². The van der Waals surface area contributed by atoms with Crippen LogP contribution in [0.1, 0.15) is 36.7 Å². The molecule has 1 aromatic heterocycles. The molecule has 0 aliphatic heterocycles. The van der Waals surface area contributed by atoms with E-state index >= 15 is 0 Å². The standard InChI is InChI=1S/C26H22Br2ClN3O2/c1-2-3-8-25-31-23-11-9-20(28)14-21(23)26(33)32(25)30-15-18-13-19(27)10-12-24(18)34-16-17-6-4-5-7-22(17)29/h4-7,9-15H,2-3,8,16H2,1H3. The molecule has 0 saturated heterocycles. The molecule has 0 saturated carbocycles. The van der Waals surface area contributed by atoms with Crippen LogP contribution in [0.2, 0.25) is 5.02 Å². The Morgan fingerprint density at radius 2 is 1.85 bits per heavy atom. The molecule has 4 aromatic rings. The van der Waals surface area contributed by atoms with Crippen LogP contribution in [0.15, 0.2) is 79.5 Å². The summed E-state index contributed by atoms with van der Waals surface area (Å²) in [5, 5.41) is 5.72. The lowest BCUT2D eigenvalue weighted by Gasteiger charge is -2.12. The molecule has 0 fully saturated rings. The van der Waals surface area contributed by atoms with E-state index in [0.29, 0.717) is 40.5 Å². The summed E-state index contributed by atoms with van der Waals surface area (Å²) in [4.78, 5) is 18.0. The SMILES string of the molecule is CCCCc1nc2ccc(Br)cc2c(=O)n1N=Cc1cc(Br)ccc1OCc1ccccc1Cl. The van der Waals surface area contributed by atoms with Gasteiger partial charge in [0.25, 0.3) is 5.56 Å². The van der Waals surface area contributed by atoms with E-state index in [1.165, 1.54) is 4.68 Å². The van der Waals surface area contributed by atoms with Crippen molar-refractivity contribution in [3.63, 3.8) is 0 Å². The molecule has 0 aliphatic carbocycles. The van der Waals surface area contributed by atoms with Crippen molar-refractivity contribution in [2.24, 2.45) is 5.10 Å². The van der Waals surface area contributed by atoms with Gasteiger partial charge in [-0.05, 0) is 48.9 Å². The fraction of sp³-hybridized carbons (Fsp3) is 0.192. The summed E-state index contributed by atoms with van der Waals surface area (Å²) in [6.07, 6.45) is 4.19. The Kier molecular flexibility index (Phi) is 8.19. The third kappa shape index (κ3) is 5.77. The van der Waals surface area contributed by atoms with Gasteiger partial charge in [0, 0.05) is 31.5 Å². The van der Waals surface area contributed by atoms with E-state index in [9.17, 15) is 4.79 Å². The molecule has 3 aromatic carbocycles. The molecular weight excluding hydrogens is 582 g/mol. The van der Waals surface area contributed by atoms with Crippen molar-refractivity contribution < 1.29 is 4.74 Å². The number of benzene rings is 3. The lowest BCUT2D eigenvalue weighted by molar-refractivity contribution is 0.306. The highest BCUT2D eigenvalue weighted by Gasteiger charge is 2.12. The monoisotopic (exact) mass is 601 g/mol. The Bertz CT molecular complexity index is 1420. The maximum absolute atomic E-state index is 13.3. The summed E-state index contributed by atoms with van der Waals surface area (Å²) in [5.41, 5.74) is 2.07. The normalized spacial score (nSPS) is 11.4. The highest BCUT2D eigenvalue weighted by molar-refractivity contribution is 9.10. The van der Waals surface area contributed by atoms with E-state index in [4.69, 9.17) is 21.3 Å². The number of aryl methyl sites for hydroxylation is 1. The molecular formula is C26H22Br2ClN3O2. The van der Waals surface area contributed by atoms with Crippen molar-refractivity contribution in [1.29, 1.82) is 0 Å². The molecule has 0 radical (unpaired) electrons. The number of rotatable bonds is 8. The third-order valence-electron chi connectivity index (χ3n) is 5.25. The van der Waals surface area contributed by atoms with Gasteiger partial charge in [-0.2, -0.15) is 9.78 Å². The lowest BCUT2D eigenvalue weighted by Crippen LogP contribution is -2.22. The molecule has 5 nitrogen and oxygen atoms in total. The summed E-state index contributed by atoms with van der Waals surface area (Å²) in [6, 6.07) is 18.7. The van der Waals surface area contributed by atoms with Crippen LogP contribution >= 0.6 is 43.5 Å². The van der Waals surface area contributed by atoms with Gasteiger partial charge in [-0.1, -0.05) is 75.0 Å². The topological polar surface area (TPSA) is 56.5 Å². The molecule has 0 atom stereocenters. The van der Waals surface area contributed by atoms with E-state index in [1.807, 2.05) is 54.6 Å². The van der Waals surface area contributed by atoms with E-state index in [-0.39, 0.29) is 5.56 Å². The van der Waals surface area contributed by atoms with Crippen LogP contribution in [-0.4, -0.2) is 15.9 Å². The third-order valence-corrected chi connectivity index (χ3v) is 6.61. The first-order valence-electron chi connectivity index (χ1n) is 10.9. The summed E-state index contributed by atoms with van der Waals surface area (Å²) >= 11 is 13.2. The zero-order valence-electron chi connectivity index (χ0n) is 18.5. The number of nitrogens with zero attached hydrogens (tertiary/aromatic N) is 3. The summed E-state index contributed by atoms with van der Waals surface area (Å²) in [5.74, 6) is 1.26. The fourth-order valence-electron chi connectivity index (χ4n) is 3.45. The van der Waals surface area contributed by atoms with Gasteiger partial charge in [0.2, 0.25) is 0 Å². The van der Waals surface area contributed by atoms with E-state index < -0.39 is 0 Å². The van der Waals surface area contributed by atoms with Crippen LogP contribution in [0, 0.1) is 0 Å². The fourth-order valence-corrected chi connectivity index (χ4v) is 4.38. The number of aromatic nitrogens is 2. The Morgan fingerprint density at radius 1 is 1.09 bits per heavy atom. The summed E-state index contributed by atoms with van der Waals surface area (Å²) < 4.78 is 9.14. The maximum atomic E-state index is 13.3. The van der Waals surface area contributed by atoms with Crippen LogP contribution in [0.4, 0.5) is 0 Å². The minimum Gasteiger partial charge on any atom is -0.488 e. The Labute approximate surface area is 219 Å². The number of unbranched alkanes of at least 4 members (excludes halogenated alkanes) is 1. The molecule has 0 unspecified atom stereocenters. The minimum absolute atomic E-state index is 0.206. The zero-order valence-corrected chi connectivity index (χ0v) is 22.4. The average Bonchev–Trinajstić information content (AvgIpc) is 2.83. The van der Waals surface area contributed by atoms with Gasteiger partial charge in [0.05, 0.1) is 17.1 Å². The lowest BCUT2D eigenvalue weighted by atomic mass is 10.2. The molecule has 4 rings (SSSR count). The van der Waals surface area contributed by atoms with Gasteiger partial charge in [-0.15, -0.1) is 0 Å².